The molecule has 1 aromatic carbocycles. The molecule has 13 nitrogen and oxygen atoms in total. The van der Waals surface area contributed by atoms with Crippen LogP contribution in [0.1, 0.15) is 37.7 Å². The van der Waals surface area contributed by atoms with Crippen molar-refractivity contribution in [2.45, 2.75) is 44.8 Å². The van der Waals surface area contributed by atoms with E-state index in [-0.39, 0.29) is 32.4 Å². The Labute approximate surface area is 206 Å². The predicted molar refractivity (Wildman–Crippen MR) is 125 cm³/mol. The Kier molecular flexibility index (Phi) is 8.38. The van der Waals surface area contributed by atoms with Gasteiger partial charge >= 0.3 is 12.0 Å². The second-order valence-electron chi connectivity index (χ2n) is 8.46. The van der Waals surface area contributed by atoms with E-state index in [9.17, 15) is 34.5 Å². The minimum atomic E-state index is -1.60. The Hall–Kier alpha value is -4.26. The topological polar surface area (TPSA) is 205 Å². The highest BCUT2D eigenvalue weighted by Gasteiger charge is 2.53. The van der Waals surface area contributed by atoms with Gasteiger partial charge in [0.25, 0.3) is 0 Å². The maximum absolute atomic E-state index is 13.2. The fourth-order valence-electron chi connectivity index (χ4n) is 3.73. The zero-order valence-corrected chi connectivity index (χ0v) is 19.4. The molecule has 0 saturated heterocycles. The van der Waals surface area contributed by atoms with Crippen LogP contribution < -0.4 is 26.5 Å². The van der Waals surface area contributed by atoms with E-state index >= 15 is 0 Å². The summed E-state index contributed by atoms with van der Waals surface area (Å²) in [5.74, 6) is -3.32. The van der Waals surface area contributed by atoms with Gasteiger partial charge < -0.3 is 41.8 Å². The average Bonchev–Trinajstić information content (AvgIpc) is 3.12. The highest BCUT2D eigenvalue weighted by Crippen LogP contribution is 2.42. The van der Waals surface area contributed by atoms with E-state index in [0.717, 1.165) is 12.1 Å². The average molecular weight is 504 g/mol. The van der Waals surface area contributed by atoms with Gasteiger partial charge in [-0.2, -0.15) is 0 Å². The number of aromatic nitrogens is 1. The number of nitrogens with one attached hydrogen (secondary N) is 3. The fourth-order valence-corrected chi connectivity index (χ4v) is 3.73. The summed E-state index contributed by atoms with van der Waals surface area (Å²) >= 11 is 0. The Bertz CT molecular complexity index is 1090. The number of anilines is 1. The van der Waals surface area contributed by atoms with Crippen LogP contribution in [-0.2, 0) is 21.0 Å². The maximum Gasteiger partial charge on any atom is 0.348 e. The lowest BCUT2D eigenvalue weighted by Crippen LogP contribution is -2.57. The lowest BCUT2D eigenvalue weighted by Gasteiger charge is -2.38. The van der Waals surface area contributed by atoms with E-state index in [4.69, 9.17) is 10.6 Å². The molecule has 194 valence electrons. The van der Waals surface area contributed by atoms with Gasteiger partial charge in [-0.1, -0.05) is 18.6 Å². The first kappa shape index (κ1) is 26.3. The molecule has 1 heterocycles. The third-order valence-corrected chi connectivity index (χ3v) is 6.00. The molecule has 0 bridgehead atoms. The number of hydrogen-bond donors (Lipinski definition) is 7. The van der Waals surface area contributed by atoms with Gasteiger partial charge in [-0.05, 0) is 43.4 Å². The molecule has 2 aromatic rings. The number of urea groups is 1. The minimum Gasteiger partial charge on any atom is -0.492 e. The lowest BCUT2D eigenvalue weighted by atomic mass is 9.68. The number of primary amides is 1. The lowest BCUT2D eigenvalue weighted by molar-refractivity contribution is -0.169. The zero-order chi connectivity index (χ0) is 26.3. The molecule has 3 rings (SSSR count). The number of hydrogen-bond acceptors (Lipinski definition) is 8. The SMILES string of the molecule is NC(=O)NCCCC(NC(=O)C1(C(=O)On2c(O)ccc2O)CCC1)C(=O)Nc1ccc(CO)cc1. The van der Waals surface area contributed by atoms with Crippen molar-refractivity contribution < 1.29 is 39.3 Å². The van der Waals surface area contributed by atoms with Gasteiger partial charge in [0, 0.05) is 24.4 Å². The number of aliphatic hydroxyl groups excluding tert-OH is 1. The van der Waals surface area contributed by atoms with Crippen molar-refractivity contribution in [3.63, 3.8) is 0 Å². The summed E-state index contributed by atoms with van der Waals surface area (Å²) in [6, 6.07) is 6.89. The number of benzene rings is 1. The summed E-state index contributed by atoms with van der Waals surface area (Å²) in [5, 5.41) is 36.4. The van der Waals surface area contributed by atoms with Crippen molar-refractivity contribution in [3.8, 4) is 11.8 Å². The van der Waals surface area contributed by atoms with Crippen LogP contribution in [0.25, 0.3) is 0 Å². The Morgan fingerprint density at radius 1 is 1.06 bits per heavy atom. The van der Waals surface area contributed by atoms with Crippen molar-refractivity contribution in [2.24, 2.45) is 11.1 Å². The largest absolute Gasteiger partial charge is 0.492 e. The van der Waals surface area contributed by atoms with E-state index in [1.165, 1.54) is 0 Å². The number of aliphatic hydroxyl groups is 1. The Balaban J connectivity index is 1.72. The molecule has 0 aliphatic heterocycles. The second-order valence-corrected chi connectivity index (χ2v) is 8.46. The normalized spacial score (nSPS) is 14.7. The third-order valence-electron chi connectivity index (χ3n) is 6.00. The van der Waals surface area contributed by atoms with E-state index in [2.05, 4.69) is 16.0 Å². The van der Waals surface area contributed by atoms with Crippen LogP contribution in [0.3, 0.4) is 0 Å². The van der Waals surface area contributed by atoms with E-state index < -0.39 is 47.0 Å². The second kappa shape index (κ2) is 11.4. The summed E-state index contributed by atoms with van der Waals surface area (Å²) in [5.41, 5.74) is 4.55. The molecule has 1 aliphatic rings. The van der Waals surface area contributed by atoms with Gasteiger partial charge in [0.05, 0.1) is 6.61 Å². The first-order valence-electron chi connectivity index (χ1n) is 11.3. The molecular formula is C23H29N5O8. The molecule has 1 aliphatic carbocycles. The number of nitrogens with two attached hydrogens (primary N) is 1. The van der Waals surface area contributed by atoms with Gasteiger partial charge in [0.1, 0.15) is 11.5 Å². The fraction of sp³-hybridized carbons (Fsp3) is 0.391. The molecule has 8 N–H and O–H groups in total. The van der Waals surface area contributed by atoms with Crippen molar-refractivity contribution >= 4 is 29.5 Å². The van der Waals surface area contributed by atoms with Crippen LogP contribution in [0, 0.1) is 5.41 Å². The number of carbonyl (C=O) groups is 4. The molecule has 0 radical (unpaired) electrons. The monoisotopic (exact) mass is 503 g/mol. The number of nitrogens with zero attached hydrogens (tertiary/aromatic N) is 1. The quantitative estimate of drug-likeness (QED) is 0.165. The van der Waals surface area contributed by atoms with Gasteiger partial charge in [0.2, 0.25) is 23.6 Å². The molecule has 1 unspecified atom stereocenters. The molecule has 1 aromatic heterocycles. The summed E-state index contributed by atoms with van der Waals surface area (Å²) in [7, 11) is 0. The standard InChI is InChI=1S/C23H29N5O8/c24-22(35)25-12-1-3-16(19(32)26-15-6-4-14(13-29)5-7-15)27-20(33)23(10-2-11-23)21(34)36-28-17(30)8-9-18(28)31/h4-9,16,29-31H,1-3,10-13H2,(H,26,32)(H,27,33)(H3,24,25,35). The van der Waals surface area contributed by atoms with Crippen LogP contribution in [0.15, 0.2) is 36.4 Å². The van der Waals surface area contributed by atoms with Gasteiger partial charge in [-0.3, -0.25) is 9.59 Å². The smallest absolute Gasteiger partial charge is 0.348 e. The number of rotatable bonds is 11. The van der Waals surface area contributed by atoms with Crippen molar-refractivity contribution in [1.29, 1.82) is 0 Å². The van der Waals surface area contributed by atoms with E-state index in [0.29, 0.717) is 28.8 Å². The number of carbonyl (C=O) groups excluding carboxylic acids is 4. The number of amides is 4. The Morgan fingerprint density at radius 3 is 2.22 bits per heavy atom. The van der Waals surface area contributed by atoms with Gasteiger partial charge in [-0.15, -0.1) is 4.73 Å². The highest BCUT2D eigenvalue weighted by molar-refractivity contribution is 6.06. The predicted octanol–water partition coefficient (Wildman–Crippen LogP) is 0.0891. The highest BCUT2D eigenvalue weighted by atomic mass is 16.7. The molecule has 1 atom stereocenters. The van der Waals surface area contributed by atoms with Crippen LogP contribution in [0.4, 0.5) is 10.5 Å². The molecule has 4 amide bonds. The molecule has 36 heavy (non-hydrogen) atoms. The van der Waals surface area contributed by atoms with E-state index in [1.54, 1.807) is 24.3 Å². The first-order chi connectivity index (χ1) is 17.2. The van der Waals surface area contributed by atoms with Crippen molar-refractivity contribution in [2.75, 3.05) is 11.9 Å². The molecular weight excluding hydrogens is 474 g/mol. The van der Waals surface area contributed by atoms with Gasteiger partial charge in [-0.25, -0.2) is 9.59 Å². The molecule has 13 heteroatoms. The summed E-state index contributed by atoms with van der Waals surface area (Å²) in [6.45, 7) is 0.00998. The molecule has 1 saturated carbocycles. The van der Waals surface area contributed by atoms with Crippen LogP contribution in [0.2, 0.25) is 0 Å². The minimum absolute atomic E-state index is 0.122. The third kappa shape index (κ3) is 6.05. The zero-order valence-electron chi connectivity index (χ0n) is 19.4. The Morgan fingerprint density at radius 2 is 1.69 bits per heavy atom. The molecule has 0 spiro atoms. The molecule has 1 fully saturated rings. The summed E-state index contributed by atoms with van der Waals surface area (Å²) in [4.78, 5) is 55.1. The first-order valence-corrected chi connectivity index (χ1v) is 11.3. The van der Waals surface area contributed by atoms with Crippen LogP contribution in [-0.4, -0.2) is 56.5 Å². The van der Waals surface area contributed by atoms with Crippen molar-refractivity contribution in [3.05, 3.63) is 42.0 Å². The van der Waals surface area contributed by atoms with Crippen LogP contribution >= 0.6 is 0 Å². The summed E-state index contributed by atoms with van der Waals surface area (Å²) in [6.07, 6.45) is 1.29. The van der Waals surface area contributed by atoms with Crippen molar-refractivity contribution in [1.82, 2.24) is 15.4 Å². The number of aromatic hydroxyl groups is 2. The summed E-state index contributed by atoms with van der Waals surface area (Å²) < 4.78 is 0.505. The van der Waals surface area contributed by atoms with Gasteiger partial charge in [0.15, 0.2) is 0 Å². The maximum atomic E-state index is 13.2. The van der Waals surface area contributed by atoms with E-state index in [1.807, 2.05) is 0 Å². The van der Waals surface area contributed by atoms with Crippen LogP contribution in [0.5, 0.6) is 11.8 Å².